The molecule has 2 atom stereocenters. The SMILES string of the molecule is CCC[C@H]([C@H](C)[S+]1c2ccccc2Sc2ccccc21)[S+]1c2ccccc2Sc2ccccc21.[O-][Cl+3]([O-])([O-])[O-].[O-][Cl+3]([O-])([O-])[O-]. The van der Waals surface area contributed by atoms with Gasteiger partial charge < -0.3 is 0 Å². The minimum atomic E-state index is -4.94. The zero-order valence-corrected chi connectivity index (χ0v) is 28.2. The first kappa shape index (κ1) is 35.4. The van der Waals surface area contributed by atoms with Crippen molar-refractivity contribution in [1.29, 1.82) is 0 Å². The number of rotatable bonds is 5. The molecule has 0 bridgehead atoms. The Hall–Kier alpha value is -1.46. The average molecular weight is 716 g/mol. The molecule has 0 amide bonds. The van der Waals surface area contributed by atoms with E-state index >= 15 is 0 Å². The largest absolute Gasteiger partial charge is 0.222 e. The number of hydrogen-bond donors (Lipinski definition) is 0. The van der Waals surface area contributed by atoms with Crippen LogP contribution >= 0.6 is 23.5 Å². The van der Waals surface area contributed by atoms with Crippen LogP contribution in [0.15, 0.2) is 136 Å². The predicted molar refractivity (Wildman–Crippen MR) is 150 cm³/mol. The summed E-state index contributed by atoms with van der Waals surface area (Å²) in [6, 6.07) is 36.6. The molecule has 2 aliphatic rings. The summed E-state index contributed by atoms with van der Waals surface area (Å²) in [5.74, 6) is 0. The lowest BCUT2D eigenvalue weighted by Gasteiger charge is -2.30. The molecular formula is C30H28Cl2O8S4. The number of halogens is 2. The molecule has 0 aromatic heterocycles. The van der Waals surface area contributed by atoms with Crippen LogP contribution in [-0.4, -0.2) is 10.5 Å². The molecule has 234 valence electrons. The molecule has 0 saturated heterocycles. The standard InChI is InChI=1S/C30H28S4.2ClHO4/c1-3-12-26(34-29-19-10-6-15-24(29)32-25-16-7-11-20-30(25)34)21(2)33-27-17-8-4-13-22(27)31-23-14-5-9-18-28(23)33;2*2-1(3,4)5/h4-11,13-21,26H,3,12H2,1-2H3;2*(H,2,3,4,5)/q+2;;/p-2/t21-,26+;;/m0../s1. The van der Waals surface area contributed by atoms with Crippen LogP contribution in [0.25, 0.3) is 0 Å². The van der Waals surface area contributed by atoms with Gasteiger partial charge in [0.1, 0.15) is 0 Å². The van der Waals surface area contributed by atoms with Crippen LogP contribution in [0.1, 0.15) is 26.7 Å². The summed E-state index contributed by atoms with van der Waals surface area (Å²) < 4.78 is 67.9. The minimum absolute atomic E-state index is 0.0532. The monoisotopic (exact) mass is 714 g/mol. The van der Waals surface area contributed by atoms with Crippen LogP contribution in [0.4, 0.5) is 0 Å². The van der Waals surface area contributed by atoms with Crippen LogP contribution in [-0.2, 0) is 21.8 Å². The van der Waals surface area contributed by atoms with Gasteiger partial charge in [0.05, 0.1) is 41.4 Å². The van der Waals surface area contributed by atoms with Crippen molar-refractivity contribution in [2.75, 3.05) is 0 Å². The second kappa shape index (κ2) is 15.4. The normalized spacial score (nSPS) is 15.6. The van der Waals surface area contributed by atoms with E-state index in [1.54, 1.807) is 9.79 Å². The fraction of sp³-hybridized carbons (Fsp3) is 0.200. The number of hydrogen-bond acceptors (Lipinski definition) is 10. The predicted octanol–water partition coefficient (Wildman–Crippen LogP) is -0.566. The summed E-state index contributed by atoms with van der Waals surface area (Å²) in [6.45, 7) is 4.91. The van der Waals surface area contributed by atoms with Crippen molar-refractivity contribution >= 4 is 45.3 Å². The van der Waals surface area contributed by atoms with Crippen LogP contribution in [0.2, 0.25) is 0 Å². The van der Waals surface area contributed by atoms with E-state index in [-0.39, 0.29) is 21.8 Å². The Morgan fingerprint density at radius 2 is 0.795 bits per heavy atom. The quantitative estimate of drug-likeness (QED) is 0.243. The zero-order chi connectivity index (χ0) is 32.1. The molecule has 0 radical (unpaired) electrons. The Bertz CT molecular complexity index is 1430. The van der Waals surface area contributed by atoms with Crippen LogP contribution in [0.5, 0.6) is 0 Å². The lowest BCUT2D eigenvalue weighted by atomic mass is 10.2. The van der Waals surface area contributed by atoms with E-state index in [9.17, 15) is 0 Å². The van der Waals surface area contributed by atoms with E-state index in [2.05, 4.69) is 111 Å². The van der Waals surface area contributed by atoms with Gasteiger partial charge in [0.15, 0.2) is 30.1 Å². The lowest BCUT2D eigenvalue weighted by Crippen LogP contribution is -2.68. The van der Waals surface area contributed by atoms with E-state index in [0.29, 0.717) is 10.5 Å². The number of benzene rings is 4. The van der Waals surface area contributed by atoms with Gasteiger partial charge in [-0.3, -0.25) is 0 Å². The van der Waals surface area contributed by atoms with E-state index in [0.717, 1.165) is 0 Å². The molecular weight excluding hydrogens is 687 g/mol. The minimum Gasteiger partial charge on any atom is -0.222 e. The van der Waals surface area contributed by atoms with Crippen molar-refractivity contribution in [3.05, 3.63) is 97.1 Å². The molecule has 8 nitrogen and oxygen atoms in total. The molecule has 4 aromatic rings. The maximum absolute atomic E-state index is 8.49. The highest BCUT2D eigenvalue weighted by atomic mass is 35.7. The molecule has 2 heterocycles. The third kappa shape index (κ3) is 9.53. The highest BCUT2D eigenvalue weighted by Gasteiger charge is 2.52. The highest BCUT2D eigenvalue weighted by Crippen LogP contribution is 2.52. The summed E-state index contributed by atoms with van der Waals surface area (Å²) in [5, 5.41) is 1.15. The van der Waals surface area contributed by atoms with Gasteiger partial charge >= 0.3 is 0 Å². The first-order valence-corrected chi connectivity index (χ1v) is 19.9. The summed E-state index contributed by atoms with van der Waals surface area (Å²) in [4.78, 5) is 11.9. The molecule has 0 saturated carbocycles. The maximum atomic E-state index is 8.49. The van der Waals surface area contributed by atoms with Gasteiger partial charge in [0.2, 0.25) is 0 Å². The summed E-state index contributed by atoms with van der Waals surface area (Å²) in [5.41, 5.74) is 0. The van der Waals surface area contributed by atoms with Crippen LogP contribution in [0.3, 0.4) is 0 Å². The van der Waals surface area contributed by atoms with Gasteiger partial charge in [-0.1, -0.05) is 85.4 Å². The second-order valence-corrected chi connectivity index (χ2v) is 17.6. The van der Waals surface area contributed by atoms with Gasteiger partial charge in [0.25, 0.3) is 0 Å². The summed E-state index contributed by atoms with van der Waals surface area (Å²) >= 11 is 3.90. The van der Waals surface area contributed by atoms with Gasteiger partial charge in [-0.2, -0.15) is 0 Å². The molecule has 4 aromatic carbocycles. The third-order valence-electron chi connectivity index (χ3n) is 6.56. The van der Waals surface area contributed by atoms with E-state index in [1.165, 1.54) is 42.2 Å². The van der Waals surface area contributed by atoms with E-state index in [4.69, 9.17) is 37.3 Å². The molecule has 6 rings (SSSR count). The van der Waals surface area contributed by atoms with Crippen LogP contribution in [0, 0.1) is 20.5 Å². The third-order valence-corrected chi connectivity index (χ3v) is 15.2. The Labute approximate surface area is 274 Å². The van der Waals surface area contributed by atoms with Crippen molar-refractivity contribution in [2.45, 2.75) is 76.4 Å². The van der Waals surface area contributed by atoms with Gasteiger partial charge in [-0.05, 0) is 55.5 Å². The number of fused-ring (bicyclic) bond motifs is 4. The lowest BCUT2D eigenvalue weighted by molar-refractivity contribution is -2.00. The van der Waals surface area contributed by atoms with Crippen molar-refractivity contribution < 1.29 is 57.8 Å². The Balaban J connectivity index is 0.000000386. The van der Waals surface area contributed by atoms with E-state index < -0.39 is 20.5 Å². The molecule has 0 aliphatic carbocycles. The summed E-state index contributed by atoms with van der Waals surface area (Å²) in [6.07, 6.45) is 2.46. The van der Waals surface area contributed by atoms with Gasteiger partial charge in [-0.15, -0.1) is 20.5 Å². The van der Waals surface area contributed by atoms with Crippen molar-refractivity contribution in [2.24, 2.45) is 0 Å². The van der Waals surface area contributed by atoms with Crippen molar-refractivity contribution in [1.82, 2.24) is 0 Å². The Kier molecular flexibility index (Phi) is 12.4. The van der Waals surface area contributed by atoms with Crippen molar-refractivity contribution in [3.63, 3.8) is 0 Å². The molecule has 0 unspecified atom stereocenters. The van der Waals surface area contributed by atoms with E-state index in [1.807, 2.05) is 23.5 Å². The molecule has 0 fully saturated rings. The molecule has 2 aliphatic heterocycles. The average Bonchev–Trinajstić information content (AvgIpc) is 2.95. The molecule has 44 heavy (non-hydrogen) atoms. The maximum Gasteiger partial charge on any atom is 0.176 e. The zero-order valence-electron chi connectivity index (χ0n) is 23.5. The molecule has 14 heteroatoms. The van der Waals surface area contributed by atoms with Crippen molar-refractivity contribution in [3.8, 4) is 0 Å². The summed E-state index contributed by atoms with van der Waals surface area (Å²) in [7, 11) is -9.77. The Morgan fingerprint density at radius 1 is 0.523 bits per heavy atom. The first-order valence-electron chi connectivity index (χ1n) is 13.2. The van der Waals surface area contributed by atoms with Gasteiger partial charge in [-0.25, -0.2) is 37.3 Å². The second-order valence-electron chi connectivity index (χ2n) is 9.45. The fourth-order valence-corrected chi connectivity index (χ4v) is 14.3. The highest BCUT2D eigenvalue weighted by molar-refractivity contribution is 8.06. The fourth-order valence-electron chi connectivity index (χ4n) is 5.05. The topological polar surface area (TPSA) is 184 Å². The smallest absolute Gasteiger partial charge is 0.176 e. The first-order chi connectivity index (χ1) is 20.8. The molecule has 0 N–H and O–H groups in total. The van der Waals surface area contributed by atoms with Gasteiger partial charge in [0, 0.05) is 6.42 Å². The van der Waals surface area contributed by atoms with Crippen LogP contribution < -0.4 is 37.3 Å². The molecule has 0 spiro atoms. The Morgan fingerprint density at radius 3 is 1.09 bits per heavy atom.